The molecule has 1 aromatic carbocycles. The molecule has 0 fully saturated rings. The lowest BCUT2D eigenvalue weighted by Gasteiger charge is -2.05. The highest BCUT2D eigenvalue weighted by atomic mass is 14.7. The van der Waals surface area contributed by atoms with Gasteiger partial charge >= 0.3 is 0 Å². The second-order valence-corrected chi connectivity index (χ2v) is 3.71. The molecule has 2 rings (SSSR count). The summed E-state index contributed by atoms with van der Waals surface area (Å²) in [5.41, 5.74) is 4.91. The van der Waals surface area contributed by atoms with E-state index in [1.54, 1.807) is 0 Å². The van der Waals surface area contributed by atoms with Crippen LogP contribution in [0.15, 0.2) is 42.6 Å². The summed E-state index contributed by atoms with van der Waals surface area (Å²) in [5, 5.41) is 0. The predicted octanol–water partition coefficient (Wildman–Crippen LogP) is 4.65. The predicted molar refractivity (Wildman–Crippen MR) is 75.1 cm³/mol. The van der Waals surface area contributed by atoms with Crippen molar-refractivity contribution in [2.45, 2.75) is 34.1 Å². The number of benzene rings is 1. The molecule has 0 saturated heterocycles. The van der Waals surface area contributed by atoms with Crippen LogP contribution in [0.5, 0.6) is 0 Å². The second-order valence-electron chi connectivity index (χ2n) is 3.71. The molecule has 1 nitrogen and oxygen atoms in total. The molecule has 90 valence electrons. The van der Waals surface area contributed by atoms with E-state index in [2.05, 4.69) is 55.2 Å². The van der Waals surface area contributed by atoms with E-state index >= 15 is 0 Å². The molecule has 1 aromatic heterocycles. The van der Waals surface area contributed by atoms with Crippen molar-refractivity contribution in [1.82, 2.24) is 4.98 Å². The van der Waals surface area contributed by atoms with Gasteiger partial charge < -0.3 is 0 Å². The van der Waals surface area contributed by atoms with Gasteiger partial charge in [0.15, 0.2) is 0 Å². The van der Waals surface area contributed by atoms with E-state index in [0.29, 0.717) is 0 Å². The van der Waals surface area contributed by atoms with E-state index in [1.807, 2.05) is 20.0 Å². The molecule has 0 amide bonds. The van der Waals surface area contributed by atoms with Crippen LogP contribution in [0.25, 0.3) is 11.1 Å². The number of rotatable bonds is 2. The quantitative estimate of drug-likeness (QED) is 0.728. The molecule has 0 spiro atoms. The van der Waals surface area contributed by atoms with Gasteiger partial charge in [0.05, 0.1) is 0 Å². The zero-order valence-corrected chi connectivity index (χ0v) is 11.2. The zero-order chi connectivity index (χ0) is 12.7. The Balaban J connectivity index is 0.000000686. The summed E-state index contributed by atoms with van der Waals surface area (Å²) in [7, 11) is 0. The van der Waals surface area contributed by atoms with Gasteiger partial charge in [-0.1, -0.05) is 51.1 Å². The fraction of sp³-hybridized carbons (Fsp3) is 0.312. The summed E-state index contributed by atoms with van der Waals surface area (Å²) in [6.07, 6.45) is 2.95. The molecule has 0 bridgehead atoms. The van der Waals surface area contributed by atoms with Gasteiger partial charge in [-0.15, -0.1) is 0 Å². The van der Waals surface area contributed by atoms with Crippen LogP contribution < -0.4 is 0 Å². The Morgan fingerprint density at radius 1 is 1.00 bits per heavy atom. The highest BCUT2D eigenvalue weighted by Gasteiger charge is 2.00. The SMILES string of the molecule is CC.CCc1ccc(-c2ccccc2C)cn1. The van der Waals surface area contributed by atoms with Crippen molar-refractivity contribution < 1.29 is 0 Å². The molecule has 0 saturated carbocycles. The molecular weight excluding hydrogens is 206 g/mol. The van der Waals surface area contributed by atoms with Crippen LogP contribution in [0.2, 0.25) is 0 Å². The Morgan fingerprint density at radius 2 is 1.71 bits per heavy atom. The molecule has 0 aliphatic carbocycles. The van der Waals surface area contributed by atoms with Gasteiger partial charge in [0.1, 0.15) is 0 Å². The topological polar surface area (TPSA) is 12.9 Å². The Labute approximate surface area is 105 Å². The molecular formula is C16H21N. The summed E-state index contributed by atoms with van der Waals surface area (Å²) in [4.78, 5) is 4.41. The van der Waals surface area contributed by atoms with Crippen LogP contribution in [0.1, 0.15) is 32.0 Å². The second kappa shape index (κ2) is 6.85. The highest BCUT2D eigenvalue weighted by Crippen LogP contribution is 2.22. The number of hydrogen-bond donors (Lipinski definition) is 0. The number of nitrogens with zero attached hydrogens (tertiary/aromatic N) is 1. The average Bonchev–Trinajstić information content (AvgIpc) is 2.42. The number of hydrogen-bond acceptors (Lipinski definition) is 1. The first-order valence-corrected chi connectivity index (χ1v) is 6.32. The molecule has 2 aromatic rings. The summed E-state index contributed by atoms with van der Waals surface area (Å²) < 4.78 is 0. The lowest BCUT2D eigenvalue weighted by atomic mass is 10.0. The monoisotopic (exact) mass is 227 g/mol. The van der Waals surface area contributed by atoms with Gasteiger partial charge in [0.2, 0.25) is 0 Å². The first-order chi connectivity index (χ1) is 8.31. The summed E-state index contributed by atoms with van der Waals surface area (Å²) in [6, 6.07) is 12.6. The maximum atomic E-state index is 4.41. The van der Waals surface area contributed by atoms with E-state index in [0.717, 1.165) is 12.1 Å². The zero-order valence-electron chi connectivity index (χ0n) is 11.2. The minimum atomic E-state index is 0.994. The molecule has 17 heavy (non-hydrogen) atoms. The van der Waals surface area contributed by atoms with E-state index in [1.165, 1.54) is 16.7 Å². The van der Waals surface area contributed by atoms with Gasteiger partial charge in [0.25, 0.3) is 0 Å². The summed E-state index contributed by atoms with van der Waals surface area (Å²) in [6.45, 7) is 8.25. The first kappa shape index (κ1) is 13.4. The molecule has 1 heterocycles. The molecule has 0 N–H and O–H groups in total. The third-order valence-electron chi connectivity index (χ3n) is 2.64. The van der Waals surface area contributed by atoms with Crippen LogP contribution in [-0.4, -0.2) is 4.98 Å². The highest BCUT2D eigenvalue weighted by molar-refractivity contribution is 5.66. The van der Waals surface area contributed by atoms with Gasteiger partial charge in [-0.05, 0) is 30.5 Å². The Morgan fingerprint density at radius 3 is 2.24 bits per heavy atom. The standard InChI is InChI=1S/C14H15N.C2H6/c1-3-13-9-8-12(10-15-13)14-7-5-4-6-11(14)2;1-2/h4-10H,3H2,1-2H3;1-2H3. The van der Waals surface area contributed by atoms with Gasteiger partial charge in [-0.2, -0.15) is 0 Å². The van der Waals surface area contributed by atoms with Crippen molar-refractivity contribution in [2.24, 2.45) is 0 Å². The Kier molecular flexibility index (Phi) is 5.41. The normalized spacial score (nSPS) is 9.41. The minimum absolute atomic E-state index is 0.994. The van der Waals surface area contributed by atoms with Gasteiger partial charge in [-0.25, -0.2) is 0 Å². The number of pyridine rings is 1. The molecule has 0 aliphatic rings. The molecule has 1 heteroatoms. The Hall–Kier alpha value is -1.63. The third kappa shape index (κ3) is 3.42. The van der Waals surface area contributed by atoms with Crippen LogP contribution in [0, 0.1) is 6.92 Å². The average molecular weight is 227 g/mol. The smallest absolute Gasteiger partial charge is 0.0401 e. The van der Waals surface area contributed by atoms with Crippen molar-refractivity contribution in [2.75, 3.05) is 0 Å². The Bertz CT molecular complexity index is 443. The maximum Gasteiger partial charge on any atom is 0.0401 e. The fourth-order valence-electron chi connectivity index (χ4n) is 1.69. The van der Waals surface area contributed by atoms with Crippen molar-refractivity contribution in [3.63, 3.8) is 0 Å². The number of aryl methyl sites for hydroxylation is 2. The molecule has 0 unspecified atom stereocenters. The summed E-state index contributed by atoms with van der Waals surface area (Å²) >= 11 is 0. The van der Waals surface area contributed by atoms with Crippen molar-refractivity contribution >= 4 is 0 Å². The van der Waals surface area contributed by atoms with E-state index in [9.17, 15) is 0 Å². The van der Waals surface area contributed by atoms with Gasteiger partial charge in [0, 0.05) is 17.5 Å². The molecule has 0 radical (unpaired) electrons. The lowest BCUT2D eigenvalue weighted by molar-refractivity contribution is 1.04. The van der Waals surface area contributed by atoms with Crippen LogP contribution in [-0.2, 0) is 6.42 Å². The van der Waals surface area contributed by atoms with Crippen LogP contribution >= 0.6 is 0 Å². The van der Waals surface area contributed by atoms with E-state index in [-0.39, 0.29) is 0 Å². The number of aromatic nitrogens is 1. The molecule has 0 atom stereocenters. The fourth-order valence-corrected chi connectivity index (χ4v) is 1.69. The van der Waals surface area contributed by atoms with Crippen molar-refractivity contribution in [1.29, 1.82) is 0 Å². The van der Waals surface area contributed by atoms with Crippen LogP contribution in [0.3, 0.4) is 0 Å². The molecule has 0 aliphatic heterocycles. The first-order valence-electron chi connectivity index (χ1n) is 6.32. The lowest BCUT2D eigenvalue weighted by Crippen LogP contribution is -1.88. The third-order valence-corrected chi connectivity index (χ3v) is 2.64. The van der Waals surface area contributed by atoms with Crippen molar-refractivity contribution in [3.05, 3.63) is 53.9 Å². The largest absolute Gasteiger partial charge is 0.261 e. The van der Waals surface area contributed by atoms with Crippen molar-refractivity contribution in [3.8, 4) is 11.1 Å². The summed E-state index contributed by atoms with van der Waals surface area (Å²) in [5.74, 6) is 0. The minimum Gasteiger partial charge on any atom is -0.261 e. The van der Waals surface area contributed by atoms with E-state index < -0.39 is 0 Å². The van der Waals surface area contributed by atoms with Crippen LogP contribution in [0.4, 0.5) is 0 Å². The maximum absolute atomic E-state index is 4.41. The van der Waals surface area contributed by atoms with Gasteiger partial charge in [-0.3, -0.25) is 4.98 Å². The van der Waals surface area contributed by atoms with E-state index in [4.69, 9.17) is 0 Å².